The Morgan fingerprint density at radius 2 is 1.71 bits per heavy atom. The Bertz CT molecular complexity index is 738. The lowest BCUT2D eigenvalue weighted by molar-refractivity contribution is -0.120. The topological polar surface area (TPSA) is 56.8 Å². The first-order valence-electron chi connectivity index (χ1n) is 7.86. The molecule has 0 fully saturated rings. The van der Waals surface area contributed by atoms with Crippen LogP contribution in [-0.2, 0) is 10.2 Å². The maximum atomic E-state index is 12.7. The van der Waals surface area contributed by atoms with Crippen molar-refractivity contribution in [3.05, 3.63) is 48.0 Å². The van der Waals surface area contributed by atoms with Gasteiger partial charge in [0.15, 0.2) is 11.5 Å². The van der Waals surface area contributed by atoms with Crippen molar-refractivity contribution >= 4 is 11.6 Å². The molecule has 5 heteroatoms. The fraction of sp³-hybridized carbons (Fsp3) is 0.316. The Morgan fingerprint density at radius 3 is 2.38 bits per heavy atom. The summed E-state index contributed by atoms with van der Waals surface area (Å²) < 4.78 is 16.3. The molecule has 0 aliphatic carbocycles. The monoisotopic (exact) mass is 327 g/mol. The predicted molar refractivity (Wildman–Crippen MR) is 92.1 cm³/mol. The number of ether oxygens (including phenoxy) is 3. The number of carbonyl (C=O) groups excluding carboxylic acids is 1. The number of carbonyl (C=O) groups is 1. The highest BCUT2D eigenvalue weighted by Crippen LogP contribution is 2.35. The summed E-state index contributed by atoms with van der Waals surface area (Å²) in [7, 11) is 1.61. The van der Waals surface area contributed by atoms with Crippen molar-refractivity contribution in [2.24, 2.45) is 0 Å². The van der Waals surface area contributed by atoms with Gasteiger partial charge >= 0.3 is 0 Å². The number of methoxy groups -OCH3 is 1. The summed E-state index contributed by atoms with van der Waals surface area (Å²) in [5.74, 6) is 2.06. The number of anilines is 1. The van der Waals surface area contributed by atoms with Gasteiger partial charge in [-0.2, -0.15) is 0 Å². The Labute approximate surface area is 141 Å². The van der Waals surface area contributed by atoms with E-state index in [2.05, 4.69) is 5.32 Å². The zero-order valence-corrected chi connectivity index (χ0v) is 14.1. The van der Waals surface area contributed by atoms with Crippen molar-refractivity contribution < 1.29 is 19.0 Å². The second kappa shape index (κ2) is 6.43. The van der Waals surface area contributed by atoms with Gasteiger partial charge in [0.1, 0.15) is 19.0 Å². The van der Waals surface area contributed by atoms with E-state index in [-0.39, 0.29) is 5.91 Å². The summed E-state index contributed by atoms with van der Waals surface area (Å²) in [4.78, 5) is 12.7. The smallest absolute Gasteiger partial charge is 0.234 e. The van der Waals surface area contributed by atoms with Gasteiger partial charge in [0.25, 0.3) is 0 Å². The zero-order chi connectivity index (χ0) is 17.2. The molecule has 24 heavy (non-hydrogen) atoms. The number of hydrogen-bond acceptors (Lipinski definition) is 4. The minimum absolute atomic E-state index is 0.0932. The maximum absolute atomic E-state index is 12.7. The Kier molecular flexibility index (Phi) is 4.34. The molecule has 0 spiro atoms. The lowest BCUT2D eigenvalue weighted by Gasteiger charge is -2.26. The molecular weight excluding hydrogens is 306 g/mol. The highest BCUT2D eigenvalue weighted by atomic mass is 16.6. The van der Waals surface area contributed by atoms with Crippen molar-refractivity contribution in [2.45, 2.75) is 19.3 Å². The molecule has 0 atom stereocenters. The number of fused-ring (bicyclic) bond motifs is 1. The third-order valence-corrected chi connectivity index (χ3v) is 4.18. The molecule has 1 aliphatic heterocycles. The molecule has 0 unspecified atom stereocenters. The van der Waals surface area contributed by atoms with Gasteiger partial charge < -0.3 is 19.5 Å². The zero-order valence-electron chi connectivity index (χ0n) is 14.1. The molecule has 0 bridgehead atoms. The molecule has 0 saturated heterocycles. The summed E-state index contributed by atoms with van der Waals surface area (Å²) in [5, 5.41) is 2.95. The van der Waals surface area contributed by atoms with Crippen LogP contribution in [0.1, 0.15) is 19.4 Å². The summed E-state index contributed by atoms with van der Waals surface area (Å²) >= 11 is 0. The molecule has 126 valence electrons. The van der Waals surface area contributed by atoms with Crippen molar-refractivity contribution in [2.75, 3.05) is 25.6 Å². The van der Waals surface area contributed by atoms with E-state index >= 15 is 0 Å². The predicted octanol–water partition coefficient (Wildman–Crippen LogP) is 3.38. The van der Waals surface area contributed by atoms with E-state index in [4.69, 9.17) is 14.2 Å². The van der Waals surface area contributed by atoms with Crippen molar-refractivity contribution in [1.29, 1.82) is 0 Å². The third-order valence-electron chi connectivity index (χ3n) is 4.18. The van der Waals surface area contributed by atoms with Crippen LogP contribution in [0.5, 0.6) is 17.2 Å². The first kappa shape index (κ1) is 16.2. The average molecular weight is 327 g/mol. The van der Waals surface area contributed by atoms with Crippen molar-refractivity contribution in [3.63, 3.8) is 0 Å². The SMILES string of the molecule is COc1ccc(NC(=O)C(C)(C)c2ccc3c(c2)OCCO3)cc1. The molecule has 2 aromatic rings. The fourth-order valence-electron chi connectivity index (χ4n) is 2.52. The van der Waals surface area contributed by atoms with Crippen LogP contribution in [0.2, 0.25) is 0 Å². The van der Waals surface area contributed by atoms with Crippen LogP contribution >= 0.6 is 0 Å². The van der Waals surface area contributed by atoms with Gasteiger partial charge in [0, 0.05) is 5.69 Å². The number of rotatable bonds is 4. The van der Waals surface area contributed by atoms with Crippen LogP contribution in [0, 0.1) is 0 Å². The van der Waals surface area contributed by atoms with Crippen molar-refractivity contribution in [3.8, 4) is 17.2 Å². The van der Waals surface area contributed by atoms with Gasteiger partial charge in [-0.3, -0.25) is 4.79 Å². The van der Waals surface area contributed by atoms with E-state index in [9.17, 15) is 4.79 Å². The Hall–Kier alpha value is -2.69. The highest BCUT2D eigenvalue weighted by Gasteiger charge is 2.31. The molecule has 1 heterocycles. The number of benzene rings is 2. The van der Waals surface area contributed by atoms with E-state index in [1.54, 1.807) is 7.11 Å². The third kappa shape index (κ3) is 3.15. The Balaban J connectivity index is 1.79. The number of hydrogen-bond donors (Lipinski definition) is 1. The molecule has 1 aliphatic rings. The molecule has 0 aromatic heterocycles. The van der Waals surface area contributed by atoms with Gasteiger partial charge in [-0.1, -0.05) is 6.07 Å². The van der Waals surface area contributed by atoms with Crippen LogP contribution < -0.4 is 19.5 Å². The molecular formula is C19H21NO4. The van der Waals surface area contributed by atoms with Gasteiger partial charge in [-0.15, -0.1) is 0 Å². The molecule has 5 nitrogen and oxygen atoms in total. The number of nitrogens with one attached hydrogen (secondary N) is 1. The van der Waals surface area contributed by atoms with Gasteiger partial charge in [0.05, 0.1) is 12.5 Å². The van der Waals surface area contributed by atoms with Gasteiger partial charge in [-0.05, 0) is 55.8 Å². The van der Waals surface area contributed by atoms with Crippen LogP contribution in [0.4, 0.5) is 5.69 Å². The molecule has 3 rings (SSSR count). The van der Waals surface area contributed by atoms with E-state index in [0.29, 0.717) is 19.0 Å². The summed E-state index contributed by atoms with van der Waals surface area (Å²) in [6, 6.07) is 12.9. The van der Waals surface area contributed by atoms with Crippen LogP contribution in [0.25, 0.3) is 0 Å². The lowest BCUT2D eigenvalue weighted by atomic mass is 9.83. The normalized spacial score (nSPS) is 13.3. The fourth-order valence-corrected chi connectivity index (χ4v) is 2.52. The lowest BCUT2D eigenvalue weighted by Crippen LogP contribution is -2.34. The van der Waals surface area contributed by atoms with E-state index < -0.39 is 5.41 Å². The molecule has 2 aromatic carbocycles. The molecule has 1 amide bonds. The average Bonchev–Trinajstić information content (AvgIpc) is 2.61. The van der Waals surface area contributed by atoms with E-state index in [1.165, 1.54) is 0 Å². The van der Waals surface area contributed by atoms with Crippen LogP contribution in [0.3, 0.4) is 0 Å². The summed E-state index contributed by atoms with van der Waals surface area (Å²) in [5.41, 5.74) is 0.889. The van der Waals surface area contributed by atoms with Crippen LogP contribution in [0.15, 0.2) is 42.5 Å². The molecule has 0 saturated carbocycles. The number of amides is 1. The second-order valence-electron chi connectivity index (χ2n) is 6.17. The van der Waals surface area contributed by atoms with Crippen molar-refractivity contribution in [1.82, 2.24) is 0 Å². The first-order valence-corrected chi connectivity index (χ1v) is 7.86. The summed E-state index contributed by atoms with van der Waals surface area (Å²) in [6.45, 7) is 4.84. The molecule has 1 N–H and O–H groups in total. The minimum atomic E-state index is -0.713. The van der Waals surface area contributed by atoms with E-state index in [1.807, 2.05) is 56.3 Å². The first-order chi connectivity index (χ1) is 11.5. The largest absolute Gasteiger partial charge is 0.497 e. The van der Waals surface area contributed by atoms with Crippen LogP contribution in [-0.4, -0.2) is 26.2 Å². The van der Waals surface area contributed by atoms with E-state index in [0.717, 1.165) is 22.7 Å². The highest BCUT2D eigenvalue weighted by molar-refractivity contribution is 5.98. The Morgan fingerprint density at radius 1 is 1.04 bits per heavy atom. The summed E-state index contributed by atoms with van der Waals surface area (Å²) in [6.07, 6.45) is 0. The maximum Gasteiger partial charge on any atom is 0.234 e. The quantitative estimate of drug-likeness (QED) is 0.935. The standard InChI is InChI=1S/C19H21NO4/c1-19(2,13-4-9-16-17(12-13)24-11-10-23-16)18(21)20-14-5-7-15(22-3)8-6-14/h4-9,12H,10-11H2,1-3H3,(H,20,21). The molecule has 0 radical (unpaired) electrons. The minimum Gasteiger partial charge on any atom is -0.497 e. The van der Waals surface area contributed by atoms with Gasteiger partial charge in [-0.25, -0.2) is 0 Å². The van der Waals surface area contributed by atoms with Gasteiger partial charge in [0.2, 0.25) is 5.91 Å². The second-order valence-corrected chi connectivity index (χ2v) is 6.17.